The number of morpholine rings is 2. The summed E-state index contributed by atoms with van der Waals surface area (Å²) in [5, 5.41) is 3.87. The van der Waals surface area contributed by atoms with Crippen molar-refractivity contribution in [2.45, 2.75) is 19.6 Å². The highest BCUT2D eigenvalue weighted by Crippen LogP contribution is 2.23. The van der Waals surface area contributed by atoms with E-state index in [4.69, 9.17) is 25.5 Å². The van der Waals surface area contributed by atoms with Gasteiger partial charge >= 0.3 is 0 Å². The van der Waals surface area contributed by atoms with Crippen LogP contribution in [0, 0.1) is 0 Å². The predicted octanol–water partition coefficient (Wildman–Crippen LogP) is 3.04. The van der Waals surface area contributed by atoms with Crippen LogP contribution in [0.1, 0.15) is 27.0 Å². The van der Waals surface area contributed by atoms with Crippen LogP contribution in [0.3, 0.4) is 0 Å². The standard InChI is InChI=1S/C27H30ClN3O5/c28-22-3-1-19(2-4-22)15-29-27(33)24-18-36-26-21(17-31-7-11-35-12-8-31)13-20(14-23(26)25(24)32)16-30-5-9-34-10-6-30/h1-4,13-14,18H,5-12,15-17H2,(H,29,33). The monoisotopic (exact) mass is 511 g/mol. The summed E-state index contributed by atoms with van der Waals surface area (Å²) in [5.74, 6) is -0.464. The molecule has 2 aromatic carbocycles. The largest absolute Gasteiger partial charge is 0.463 e. The van der Waals surface area contributed by atoms with Gasteiger partial charge in [0.25, 0.3) is 5.91 Å². The second-order valence-electron chi connectivity index (χ2n) is 9.20. The average Bonchev–Trinajstić information content (AvgIpc) is 2.90. The van der Waals surface area contributed by atoms with Gasteiger partial charge in [-0.15, -0.1) is 0 Å². The van der Waals surface area contributed by atoms with Crippen molar-refractivity contribution in [1.29, 1.82) is 0 Å². The predicted molar refractivity (Wildman–Crippen MR) is 137 cm³/mol. The Labute approximate surface area is 214 Å². The van der Waals surface area contributed by atoms with Gasteiger partial charge in [-0.2, -0.15) is 0 Å². The zero-order valence-corrected chi connectivity index (χ0v) is 20.9. The van der Waals surface area contributed by atoms with Gasteiger partial charge in [-0.25, -0.2) is 0 Å². The molecule has 1 amide bonds. The summed E-state index contributed by atoms with van der Waals surface area (Å²) in [5.41, 5.74) is 3.07. The molecule has 3 heterocycles. The van der Waals surface area contributed by atoms with Crippen LogP contribution in [-0.2, 0) is 29.1 Å². The maximum atomic E-state index is 13.5. The number of amides is 1. The molecule has 2 saturated heterocycles. The molecule has 2 aliphatic rings. The molecule has 3 aromatic rings. The van der Waals surface area contributed by atoms with Crippen LogP contribution < -0.4 is 10.7 Å². The molecule has 1 N–H and O–H groups in total. The third-order valence-corrected chi connectivity index (χ3v) is 6.88. The molecule has 0 bridgehead atoms. The van der Waals surface area contributed by atoms with E-state index in [0.717, 1.165) is 42.9 Å². The maximum absolute atomic E-state index is 13.5. The molecular formula is C27H30ClN3O5. The van der Waals surface area contributed by atoms with E-state index < -0.39 is 5.91 Å². The molecule has 5 rings (SSSR count). The average molecular weight is 512 g/mol. The van der Waals surface area contributed by atoms with E-state index in [1.807, 2.05) is 18.2 Å². The minimum atomic E-state index is -0.464. The lowest BCUT2D eigenvalue weighted by atomic mass is 10.0. The summed E-state index contributed by atoms with van der Waals surface area (Å²) in [4.78, 5) is 31.0. The normalized spacial score (nSPS) is 17.4. The number of ether oxygens (including phenoxy) is 2. The Morgan fingerprint density at radius 2 is 1.53 bits per heavy atom. The van der Waals surface area contributed by atoms with Gasteiger partial charge in [0.2, 0.25) is 5.43 Å². The molecule has 0 unspecified atom stereocenters. The summed E-state index contributed by atoms with van der Waals surface area (Å²) in [6.45, 7) is 7.77. The van der Waals surface area contributed by atoms with E-state index in [-0.39, 0.29) is 17.5 Å². The SMILES string of the molecule is O=C(NCc1ccc(Cl)cc1)c1coc2c(CN3CCOCC3)cc(CN3CCOCC3)cc2c1=O. The van der Waals surface area contributed by atoms with E-state index in [1.165, 1.54) is 6.26 Å². The Bertz CT molecular complexity index is 1260. The third kappa shape index (κ3) is 5.96. The second-order valence-corrected chi connectivity index (χ2v) is 9.63. The van der Waals surface area contributed by atoms with E-state index in [2.05, 4.69) is 21.2 Å². The van der Waals surface area contributed by atoms with Gasteiger partial charge in [-0.05, 0) is 35.4 Å². The van der Waals surface area contributed by atoms with Gasteiger partial charge in [0.05, 0.1) is 31.8 Å². The van der Waals surface area contributed by atoms with Gasteiger partial charge in [0, 0.05) is 56.4 Å². The number of nitrogens with one attached hydrogen (secondary N) is 1. The first-order valence-corrected chi connectivity index (χ1v) is 12.6. The number of nitrogens with zero attached hydrogens (tertiary/aromatic N) is 2. The Morgan fingerprint density at radius 3 is 2.19 bits per heavy atom. The number of hydrogen-bond donors (Lipinski definition) is 1. The summed E-state index contributed by atoms with van der Waals surface area (Å²) >= 11 is 5.94. The van der Waals surface area contributed by atoms with Crippen molar-refractivity contribution >= 4 is 28.5 Å². The van der Waals surface area contributed by atoms with Crippen molar-refractivity contribution in [2.75, 3.05) is 52.6 Å². The summed E-state index contributed by atoms with van der Waals surface area (Å²) in [7, 11) is 0. The van der Waals surface area contributed by atoms with Crippen molar-refractivity contribution in [3.05, 3.63) is 80.2 Å². The quantitative estimate of drug-likeness (QED) is 0.522. The minimum absolute atomic E-state index is 0.00249. The smallest absolute Gasteiger partial charge is 0.258 e. The molecule has 0 spiro atoms. The molecule has 9 heteroatoms. The first kappa shape index (κ1) is 24.9. The van der Waals surface area contributed by atoms with Gasteiger partial charge in [0.15, 0.2) is 0 Å². The van der Waals surface area contributed by atoms with Crippen molar-refractivity contribution in [3.8, 4) is 0 Å². The van der Waals surface area contributed by atoms with Crippen LogP contribution in [0.4, 0.5) is 0 Å². The van der Waals surface area contributed by atoms with E-state index in [0.29, 0.717) is 55.5 Å². The Kier molecular flexibility index (Phi) is 7.99. The first-order chi connectivity index (χ1) is 17.6. The molecule has 2 aliphatic heterocycles. The Morgan fingerprint density at radius 1 is 0.889 bits per heavy atom. The molecular weight excluding hydrogens is 482 g/mol. The zero-order valence-electron chi connectivity index (χ0n) is 20.1. The Hall–Kier alpha value is -2.75. The van der Waals surface area contributed by atoms with Crippen LogP contribution in [0.15, 0.2) is 51.9 Å². The topological polar surface area (TPSA) is 84.2 Å². The number of carbonyl (C=O) groups is 1. The summed E-state index contributed by atoms with van der Waals surface area (Å²) in [6.07, 6.45) is 1.28. The van der Waals surface area contributed by atoms with Crippen molar-refractivity contribution in [2.24, 2.45) is 0 Å². The molecule has 1 aromatic heterocycles. The summed E-state index contributed by atoms with van der Waals surface area (Å²) in [6, 6.07) is 11.2. The molecule has 0 saturated carbocycles. The number of fused-ring (bicyclic) bond motifs is 1. The highest BCUT2D eigenvalue weighted by atomic mass is 35.5. The maximum Gasteiger partial charge on any atom is 0.258 e. The zero-order chi connectivity index (χ0) is 24.9. The number of carbonyl (C=O) groups excluding carboxylic acids is 1. The van der Waals surface area contributed by atoms with Crippen molar-refractivity contribution in [3.63, 3.8) is 0 Å². The Balaban J connectivity index is 1.44. The second kappa shape index (κ2) is 11.5. The van der Waals surface area contributed by atoms with Crippen LogP contribution in [-0.4, -0.2) is 68.3 Å². The van der Waals surface area contributed by atoms with Crippen LogP contribution in [0.25, 0.3) is 11.0 Å². The molecule has 2 fully saturated rings. The number of halogens is 1. The van der Waals surface area contributed by atoms with Crippen molar-refractivity contribution < 1.29 is 18.7 Å². The highest BCUT2D eigenvalue weighted by Gasteiger charge is 2.20. The van der Waals surface area contributed by atoms with E-state index in [9.17, 15) is 9.59 Å². The fourth-order valence-electron chi connectivity index (χ4n) is 4.64. The van der Waals surface area contributed by atoms with E-state index in [1.54, 1.807) is 12.1 Å². The molecule has 190 valence electrons. The van der Waals surface area contributed by atoms with Gasteiger partial charge < -0.3 is 19.2 Å². The van der Waals surface area contributed by atoms with Gasteiger partial charge in [0.1, 0.15) is 17.4 Å². The van der Waals surface area contributed by atoms with Crippen molar-refractivity contribution in [1.82, 2.24) is 15.1 Å². The van der Waals surface area contributed by atoms with Gasteiger partial charge in [-0.3, -0.25) is 19.4 Å². The fraction of sp³-hybridized carbons (Fsp3) is 0.407. The van der Waals surface area contributed by atoms with Gasteiger partial charge in [-0.1, -0.05) is 23.7 Å². The first-order valence-electron chi connectivity index (χ1n) is 12.3. The fourth-order valence-corrected chi connectivity index (χ4v) is 4.77. The molecule has 8 nitrogen and oxygen atoms in total. The molecule has 36 heavy (non-hydrogen) atoms. The van der Waals surface area contributed by atoms with Crippen LogP contribution >= 0.6 is 11.6 Å². The lowest BCUT2D eigenvalue weighted by molar-refractivity contribution is 0.0334. The summed E-state index contributed by atoms with van der Waals surface area (Å²) < 4.78 is 16.9. The highest BCUT2D eigenvalue weighted by molar-refractivity contribution is 6.30. The third-order valence-electron chi connectivity index (χ3n) is 6.63. The number of rotatable bonds is 7. The van der Waals surface area contributed by atoms with Crippen LogP contribution in [0.2, 0.25) is 5.02 Å². The molecule has 0 atom stereocenters. The minimum Gasteiger partial charge on any atom is -0.463 e. The molecule has 0 radical (unpaired) electrons. The number of hydrogen-bond acceptors (Lipinski definition) is 7. The van der Waals surface area contributed by atoms with Crippen LogP contribution in [0.5, 0.6) is 0 Å². The number of benzene rings is 2. The lowest BCUT2D eigenvalue weighted by Gasteiger charge is -2.28. The lowest BCUT2D eigenvalue weighted by Crippen LogP contribution is -2.36. The van der Waals surface area contributed by atoms with E-state index >= 15 is 0 Å². The molecule has 0 aliphatic carbocycles.